The zero-order valence-corrected chi connectivity index (χ0v) is 10.5. The molecule has 1 amide bonds. The number of rotatable bonds is 3. The van der Waals surface area contributed by atoms with E-state index in [0.29, 0.717) is 37.6 Å². The Morgan fingerprint density at radius 1 is 1.21 bits per heavy atom. The van der Waals surface area contributed by atoms with Crippen LogP contribution in [0.15, 0.2) is 24.3 Å². The zero-order chi connectivity index (χ0) is 13.7. The third kappa shape index (κ3) is 3.69. The van der Waals surface area contributed by atoms with Crippen molar-refractivity contribution in [3.05, 3.63) is 29.8 Å². The Balaban J connectivity index is 1.82. The molecule has 0 aliphatic carbocycles. The molecule has 1 aliphatic rings. The number of benzene rings is 1. The quantitative estimate of drug-likeness (QED) is 0.626. The normalized spacial score (nSPS) is 15.1. The number of hydrogen-bond donors (Lipinski definition) is 1. The van der Waals surface area contributed by atoms with Crippen LogP contribution in [0, 0.1) is 0 Å². The van der Waals surface area contributed by atoms with Crippen LogP contribution in [0.4, 0.5) is 5.69 Å². The lowest BCUT2D eigenvalue weighted by molar-refractivity contribution is -0.138. The Bertz CT molecular complexity index is 452. The van der Waals surface area contributed by atoms with Gasteiger partial charge in [0.15, 0.2) is 6.61 Å². The van der Waals surface area contributed by atoms with Crippen molar-refractivity contribution in [1.29, 1.82) is 0 Å². The first kappa shape index (κ1) is 13.4. The molecule has 1 aromatic carbocycles. The number of carbonyl (C=O) groups is 2. The summed E-state index contributed by atoms with van der Waals surface area (Å²) in [6, 6.07) is 6.36. The van der Waals surface area contributed by atoms with Crippen LogP contribution in [-0.2, 0) is 14.3 Å². The van der Waals surface area contributed by atoms with E-state index in [1.807, 2.05) is 0 Å². The van der Waals surface area contributed by atoms with E-state index >= 15 is 0 Å². The van der Waals surface area contributed by atoms with Crippen molar-refractivity contribution in [1.82, 2.24) is 4.90 Å². The Kier molecular flexibility index (Phi) is 4.35. The van der Waals surface area contributed by atoms with Crippen molar-refractivity contribution >= 4 is 17.6 Å². The molecule has 0 atom stereocenters. The second-order valence-corrected chi connectivity index (χ2v) is 4.19. The predicted molar refractivity (Wildman–Crippen MR) is 68.5 cm³/mol. The van der Waals surface area contributed by atoms with Gasteiger partial charge >= 0.3 is 5.97 Å². The van der Waals surface area contributed by atoms with Gasteiger partial charge in [0.2, 0.25) is 0 Å². The van der Waals surface area contributed by atoms with E-state index in [0.717, 1.165) is 0 Å². The summed E-state index contributed by atoms with van der Waals surface area (Å²) >= 11 is 0. The van der Waals surface area contributed by atoms with E-state index < -0.39 is 5.97 Å². The van der Waals surface area contributed by atoms with Gasteiger partial charge in [-0.3, -0.25) is 4.79 Å². The molecule has 0 bridgehead atoms. The van der Waals surface area contributed by atoms with Crippen LogP contribution < -0.4 is 5.73 Å². The number of carbonyl (C=O) groups excluding carboxylic acids is 2. The fourth-order valence-electron chi connectivity index (χ4n) is 1.73. The molecule has 6 nitrogen and oxygen atoms in total. The minimum absolute atomic E-state index is 0.202. The van der Waals surface area contributed by atoms with E-state index in [1.54, 1.807) is 29.2 Å². The Morgan fingerprint density at radius 2 is 1.84 bits per heavy atom. The van der Waals surface area contributed by atoms with Gasteiger partial charge in [-0.05, 0) is 24.3 Å². The van der Waals surface area contributed by atoms with Gasteiger partial charge in [0.25, 0.3) is 5.91 Å². The standard InChI is InChI=1S/C13H16N2O4/c14-11-3-1-10(2-4-11)13(17)19-9-12(16)15-5-7-18-8-6-15/h1-4H,5-9,14H2. The molecule has 6 heteroatoms. The summed E-state index contributed by atoms with van der Waals surface area (Å²) in [5.41, 5.74) is 6.47. The summed E-state index contributed by atoms with van der Waals surface area (Å²) in [7, 11) is 0. The van der Waals surface area contributed by atoms with E-state index in [-0.39, 0.29) is 12.5 Å². The highest BCUT2D eigenvalue weighted by Gasteiger charge is 2.18. The topological polar surface area (TPSA) is 81.9 Å². The number of ether oxygens (including phenoxy) is 2. The lowest BCUT2D eigenvalue weighted by atomic mass is 10.2. The maximum absolute atomic E-state index is 11.8. The smallest absolute Gasteiger partial charge is 0.338 e. The molecule has 1 heterocycles. The van der Waals surface area contributed by atoms with Crippen molar-refractivity contribution in [3.63, 3.8) is 0 Å². The SMILES string of the molecule is Nc1ccc(C(=O)OCC(=O)N2CCOCC2)cc1. The largest absolute Gasteiger partial charge is 0.452 e. The van der Waals surface area contributed by atoms with Gasteiger partial charge in [-0.15, -0.1) is 0 Å². The van der Waals surface area contributed by atoms with Gasteiger partial charge < -0.3 is 20.1 Å². The number of esters is 1. The number of morpholine rings is 1. The molecular weight excluding hydrogens is 248 g/mol. The monoisotopic (exact) mass is 264 g/mol. The maximum atomic E-state index is 11.8. The van der Waals surface area contributed by atoms with E-state index in [4.69, 9.17) is 15.2 Å². The molecule has 0 saturated carbocycles. The molecule has 1 fully saturated rings. The highest BCUT2D eigenvalue weighted by molar-refractivity contribution is 5.91. The number of nitrogens with zero attached hydrogens (tertiary/aromatic N) is 1. The van der Waals surface area contributed by atoms with Crippen LogP contribution >= 0.6 is 0 Å². The molecule has 102 valence electrons. The highest BCUT2D eigenvalue weighted by atomic mass is 16.5. The lowest BCUT2D eigenvalue weighted by Crippen LogP contribution is -2.42. The van der Waals surface area contributed by atoms with Crippen LogP contribution in [0.25, 0.3) is 0 Å². The maximum Gasteiger partial charge on any atom is 0.338 e. The van der Waals surface area contributed by atoms with Crippen molar-refractivity contribution in [2.24, 2.45) is 0 Å². The molecule has 2 N–H and O–H groups in total. The van der Waals surface area contributed by atoms with E-state index in [1.165, 1.54) is 0 Å². The summed E-state index contributed by atoms with van der Waals surface area (Å²) in [5, 5.41) is 0. The summed E-state index contributed by atoms with van der Waals surface area (Å²) < 4.78 is 10.1. The van der Waals surface area contributed by atoms with Crippen molar-refractivity contribution in [2.45, 2.75) is 0 Å². The average Bonchev–Trinajstić information content (AvgIpc) is 2.46. The highest BCUT2D eigenvalue weighted by Crippen LogP contribution is 2.07. The predicted octanol–water partition coefficient (Wildman–Crippen LogP) is 0.284. The minimum atomic E-state index is -0.526. The first-order chi connectivity index (χ1) is 9.16. The van der Waals surface area contributed by atoms with Crippen molar-refractivity contribution in [3.8, 4) is 0 Å². The first-order valence-corrected chi connectivity index (χ1v) is 6.05. The fraction of sp³-hybridized carbons (Fsp3) is 0.385. The first-order valence-electron chi connectivity index (χ1n) is 6.05. The number of amides is 1. The molecule has 0 spiro atoms. The zero-order valence-electron chi connectivity index (χ0n) is 10.5. The van der Waals surface area contributed by atoms with Gasteiger partial charge in [-0.1, -0.05) is 0 Å². The van der Waals surface area contributed by atoms with Crippen LogP contribution in [0.3, 0.4) is 0 Å². The van der Waals surface area contributed by atoms with Crippen LogP contribution in [0.2, 0.25) is 0 Å². The third-order valence-electron chi connectivity index (χ3n) is 2.84. The van der Waals surface area contributed by atoms with Crippen LogP contribution in [-0.4, -0.2) is 49.7 Å². The molecule has 0 aromatic heterocycles. The fourth-order valence-corrected chi connectivity index (χ4v) is 1.73. The van der Waals surface area contributed by atoms with Gasteiger partial charge in [-0.25, -0.2) is 4.79 Å². The number of anilines is 1. The summed E-state index contributed by atoms with van der Waals surface area (Å²) in [4.78, 5) is 25.1. The van der Waals surface area contributed by atoms with Crippen molar-refractivity contribution in [2.75, 3.05) is 38.6 Å². The van der Waals surface area contributed by atoms with Crippen LogP contribution in [0.5, 0.6) is 0 Å². The van der Waals surface area contributed by atoms with Crippen LogP contribution in [0.1, 0.15) is 10.4 Å². The lowest BCUT2D eigenvalue weighted by Gasteiger charge is -2.26. The molecule has 0 unspecified atom stereocenters. The summed E-state index contributed by atoms with van der Waals surface area (Å²) in [5.74, 6) is -0.728. The van der Waals surface area contributed by atoms with E-state index in [2.05, 4.69) is 0 Å². The Hall–Kier alpha value is -2.08. The minimum Gasteiger partial charge on any atom is -0.452 e. The Labute approximate surface area is 111 Å². The number of nitrogens with two attached hydrogens (primary N) is 1. The molecule has 1 aliphatic heterocycles. The van der Waals surface area contributed by atoms with Gasteiger partial charge in [0.05, 0.1) is 18.8 Å². The third-order valence-corrected chi connectivity index (χ3v) is 2.84. The molecule has 2 rings (SSSR count). The van der Waals surface area contributed by atoms with Gasteiger partial charge in [0.1, 0.15) is 0 Å². The van der Waals surface area contributed by atoms with Crippen molar-refractivity contribution < 1.29 is 19.1 Å². The van der Waals surface area contributed by atoms with Gasteiger partial charge in [0, 0.05) is 18.8 Å². The second kappa shape index (κ2) is 6.19. The molecule has 1 saturated heterocycles. The molecular formula is C13H16N2O4. The molecule has 1 aromatic rings. The number of hydrogen-bond acceptors (Lipinski definition) is 5. The average molecular weight is 264 g/mol. The summed E-state index contributed by atoms with van der Waals surface area (Å²) in [6.45, 7) is 1.88. The Morgan fingerprint density at radius 3 is 2.47 bits per heavy atom. The number of nitrogen functional groups attached to an aromatic ring is 1. The van der Waals surface area contributed by atoms with E-state index in [9.17, 15) is 9.59 Å². The summed E-state index contributed by atoms with van der Waals surface area (Å²) in [6.07, 6.45) is 0. The molecule has 19 heavy (non-hydrogen) atoms. The van der Waals surface area contributed by atoms with Gasteiger partial charge in [-0.2, -0.15) is 0 Å². The molecule has 0 radical (unpaired) electrons. The second-order valence-electron chi connectivity index (χ2n) is 4.19.